The van der Waals surface area contributed by atoms with Crippen LogP contribution in [0.1, 0.15) is 32.6 Å². The van der Waals surface area contributed by atoms with Gasteiger partial charge in [-0.3, -0.25) is 4.79 Å². The average Bonchev–Trinajstić information content (AvgIpc) is 2.95. The number of carbonyl (C=O) groups is 1. The first-order chi connectivity index (χ1) is 9.69. The topological polar surface area (TPSA) is 68.0 Å². The first-order valence-electron chi connectivity index (χ1n) is 6.86. The lowest BCUT2D eigenvalue weighted by Gasteiger charge is -2.10. The number of hydrogen-bond acceptors (Lipinski definition) is 4. The first-order valence-corrected chi connectivity index (χ1v) is 6.86. The third-order valence-electron chi connectivity index (χ3n) is 3.09. The molecule has 0 aliphatic heterocycles. The second-order valence-corrected chi connectivity index (χ2v) is 4.75. The lowest BCUT2D eigenvalue weighted by molar-refractivity contribution is -0.121. The third kappa shape index (κ3) is 3.91. The second-order valence-electron chi connectivity index (χ2n) is 4.75. The summed E-state index contributed by atoms with van der Waals surface area (Å²) in [4.78, 5) is 16.0. The van der Waals surface area contributed by atoms with Crippen LogP contribution in [0.5, 0.6) is 0 Å². The van der Waals surface area contributed by atoms with E-state index in [4.69, 9.17) is 4.52 Å². The molecule has 0 aliphatic carbocycles. The van der Waals surface area contributed by atoms with Gasteiger partial charge in [-0.25, -0.2) is 0 Å². The summed E-state index contributed by atoms with van der Waals surface area (Å²) < 4.78 is 5.16. The summed E-state index contributed by atoms with van der Waals surface area (Å²) in [7, 11) is 0. The van der Waals surface area contributed by atoms with Crippen LogP contribution in [0.15, 0.2) is 34.9 Å². The van der Waals surface area contributed by atoms with Crippen molar-refractivity contribution in [1.82, 2.24) is 15.5 Å². The van der Waals surface area contributed by atoms with Crippen molar-refractivity contribution >= 4 is 5.91 Å². The molecule has 1 aromatic heterocycles. The highest BCUT2D eigenvalue weighted by Gasteiger charge is 2.11. The van der Waals surface area contributed by atoms with E-state index in [1.54, 1.807) is 0 Å². The van der Waals surface area contributed by atoms with Gasteiger partial charge in [0.1, 0.15) is 0 Å². The molecular formula is C15H19N3O2. The Kier molecular flexibility index (Phi) is 4.87. The van der Waals surface area contributed by atoms with Crippen LogP contribution < -0.4 is 5.32 Å². The van der Waals surface area contributed by atoms with Crippen molar-refractivity contribution in [2.24, 2.45) is 0 Å². The number of aromatic nitrogens is 2. The Balaban J connectivity index is 1.89. The predicted octanol–water partition coefficient (Wildman–Crippen LogP) is 2.58. The molecule has 2 rings (SSSR count). The van der Waals surface area contributed by atoms with Gasteiger partial charge in [0.25, 0.3) is 0 Å². The largest absolute Gasteiger partial charge is 0.354 e. The summed E-state index contributed by atoms with van der Waals surface area (Å²) in [5.74, 6) is 1.06. The summed E-state index contributed by atoms with van der Waals surface area (Å²) in [6, 6.07) is 9.82. The van der Waals surface area contributed by atoms with Gasteiger partial charge < -0.3 is 9.84 Å². The minimum Gasteiger partial charge on any atom is -0.354 e. The molecule has 0 radical (unpaired) electrons. The molecule has 0 aliphatic rings. The average molecular weight is 273 g/mol. The molecule has 0 saturated carbocycles. The molecule has 5 nitrogen and oxygen atoms in total. The number of hydrogen-bond donors (Lipinski definition) is 1. The van der Waals surface area contributed by atoms with Crippen LogP contribution >= 0.6 is 0 Å². The van der Waals surface area contributed by atoms with E-state index in [0.29, 0.717) is 24.6 Å². The van der Waals surface area contributed by atoms with Crippen LogP contribution in [-0.4, -0.2) is 22.1 Å². The molecular weight excluding hydrogens is 254 g/mol. The van der Waals surface area contributed by atoms with Crippen molar-refractivity contribution in [3.05, 3.63) is 36.2 Å². The van der Waals surface area contributed by atoms with Crippen LogP contribution in [0, 0.1) is 0 Å². The smallest absolute Gasteiger partial charge is 0.227 e. The molecule has 2 aromatic rings. The predicted molar refractivity (Wildman–Crippen MR) is 76.0 cm³/mol. The highest BCUT2D eigenvalue weighted by Crippen LogP contribution is 2.15. The van der Waals surface area contributed by atoms with Crippen molar-refractivity contribution in [3.63, 3.8) is 0 Å². The number of benzene rings is 1. The summed E-state index contributed by atoms with van der Waals surface area (Å²) >= 11 is 0. The van der Waals surface area contributed by atoms with Crippen LogP contribution in [-0.2, 0) is 11.2 Å². The highest BCUT2D eigenvalue weighted by molar-refractivity contribution is 5.76. The van der Waals surface area contributed by atoms with Gasteiger partial charge in [0.05, 0.1) is 0 Å². The Labute approximate surface area is 118 Å². The van der Waals surface area contributed by atoms with E-state index in [1.807, 2.05) is 44.2 Å². The molecule has 106 valence electrons. The SMILES string of the molecule is CCC(C)NC(=O)CCc1nc(-c2ccccc2)no1. The molecule has 1 heterocycles. The molecule has 1 unspecified atom stereocenters. The molecule has 0 saturated heterocycles. The Morgan fingerprint density at radius 2 is 2.10 bits per heavy atom. The maximum atomic E-state index is 11.7. The summed E-state index contributed by atoms with van der Waals surface area (Å²) in [6.45, 7) is 4.02. The number of carbonyl (C=O) groups excluding carboxylic acids is 1. The molecule has 0 fully saturated rings. The van der Waals surface area contributed by atoms with Gasteiger partial charge in [0.15, 0.2) is 0 Å². The number of rotatable bonds is 6. The maximum Gasteiger partial charge on any atom is 0.227 e. The fraction of sp³-hybridized carbons (Fsp3) is 0.400. The molecule has 1 aromatic carbocycles. The maximum absolute atomic E-state index is 11.7. The van der Waals surface area contributed by atoms with Gasteiger partial charge in [0.2, 0.25) is 17.6 Å². The lowest BCUT2D eigenvalue weighted by Crippen LogP contribution is -2.32. The van der Waals surface area contributed by atoms with Crippen LogP contribution in [0.25, 0.3) is 11.4 Å². The minimum atomic E-state index is 0.0128. The number of nitrogens with zero attached hydrogens (tertiary/aromatic N) is 2. The molecule has 0 bridgehead atoms. The summed E-state index contributed by atoms with van der Waals surface area (Å²) in [5.41, 5.74) is 0.909. The van der Waals surface area contributed by atoms with E-state index in [-0.39, 0.29) is 11.9 Å². The van der Waals surface area contributed by atoms with Crippen molar-refractivity contribution < 1.29 is 9.32 Å². The number of nitrogens with one attached hydrogen (secondary N) is 1. The molecule has 1 amide bonds. The monoisotopic (exact) mass is 273 g/mol. The zero-order chi connectivity index (χ0) is 14.4. The van der Waals surface area contributed by atoms with Crippen molar-refractivity contribution in [3.8, 4) is 11.4 Å². The Morgan fingerprint density at radius 3 is 2.80 bits per heavy atom. The zero-order valence-corrected chi connectivity index (χ0v) is 11.8. The van der Waals surface area contributed by atoms with Crippen molar-refractivity contribution in [2.45, 2.75) is 39.2 Å². The Morgan fingerprint density at radius 1 is 1.35 bits per heavy atom. The fourth-order valence-corrected chi connectivity index (χ4v) is 1.73. The first kappa shape index (κ1) is 14.2. The molecule has 5 heteroatoms. The van der Waals surface area contributed by atoms with E-state index >= 15 is 0 Å². The lowest BCUT2D eigenvalue weighted by atomic mass is 10.2. The second kappa shape index (κ2) is 6.84. The number of amides is 1. The molecule has 1 atom stereocenters. The van der Waals surface area contributed by atoms with E-state index in [0.717, 1.165) is 12.0 Å². The summed E-state index contributed by atoms with van der Waals surface area (Å²) in [6.07, 6.45) is 1.74. The van der Waals surface area contributed by atoms with Gasteiger partial charge >= 0.3 is 0 Å². The van der Waals surface area contributed by atoms with Crippen LogP contribution in [0.2, 0.25) is 0 Å². The number of aryl methyl sites for hydroxylation is 1. The minimum absolute atomic E-state index is 0.0128. The van der Waals surface area contributed by atoms with Crippen LogP contribution in [0.4, 0.5) is 0 Å². The Bertz CT molecular complexity index is 551. The van der Waals surface area contributed by atoms with Gasteiger partial charge in [-0.05, 0) is 13.3 Å². The Hall–Kier alpha value is -2.17. The summed E-state index contributed by atoms with van der Waals surface area (Å²) in [5, 5.41) is 6.83. The van der Waals surface area contributed by atoms with Crippen LogP contribution in [0.3, 0.4) is 0 Å². The normalized spacial score (nSPS) is 12.1. The van der Waals surface area contributed by atoms with E-state index in [2.05, 4.69) is 15.5 Å². The van der Waals surface area contributed by atoms with Gasteiger partial charge in [0, 0.05) is 24.4 Å². The molecule has 0 spiro atoms. The van der Waals surface area contributed by atoms with Gasteiger partial charge in [-0.1, -0.05) is 42.4 Å². The van der Waals surface area contributed by atoms with Gasteiger partial charge in [-0.15, -0.1) is 0 Å². The fourth-order valence-electron chi connectivity index (χ4n) is 1.73. The quantitative estimate of drug-likeness (QED) is 0.878. The molecule has 20 heavy (non-hydrogen) atoms. The van der Waals surface area contributed by atoms with Crippen molar-refractivity contribution in [2.75, 3.05) is 0 Å². The standard InChI is InChI=1S/C15H19N3O2/c1-3-11(2)16-13(19)9-10-14-17-15(18-20-14)12-7-5-4-6-8-12/h4-8,11H,3,9-10H2,1-2H3,(H,16,19). The van der Waals surface area contributed by atoms with E-state index < -0.39 is 0 Å². The van der Waals surface area contributed by atoms with E-state index in [1.165, 1.54) is 0 Å². The highest BCUT2D eigenvalue weighted by atomic mass is 16.5. The van der Waals surface area contributed by atoms with E-state index in [9.17, 15) is 4.79 Å². The molecule has 1 N–H and O–H groups in total. The zero-order valence-electron chi connectivity index (χ0n) is 11.8. The third-order valence-corrected chi connectivity index (χ3v) is 3.09. The van der Waals surface area contributed by atoms with Gasteiger partial charge in [-0.2, -0.15) is 4.98 Å². The van der Waals surface area contributed by atoms with Crippen molar-refractivity contribution in [1.29, 1.82) is 0 Å².